The lowest BCUT2D eigenvalue weighted by Gasteiger charge is -2.32. The SMILES string of the molecule is CC(NC1c2ccccc2CC1(C)C)C(=O)NC(C)(C)C. The van der Waals surface area contributed by atoms with E-state index in [0.717, 1.165) is 6.42 Å². The molecule has 1 aliphatic rings. The lowest BCUT2D eigenvalue weighted by molar-refractivity contribution is -0.124. The van der Waals surface area contributed by atoms with Crippen molar-refractivity contribution in [2.45, 2.75) is 65.6 Å². The first-order valence-corrected chi connectivity index (χ1v) is 7.76. The average Bonchev–Trinajstić information content (AvgIpc) is 2.58. The number of benzene rings is 1. The van der Waals surface area contributed by atoms with Gasteiger partial charge in [-0.25, -0.2) is 0 Å². The van der Waals surface area contributed by atoms with Crippen molar-refractivity contribution >= 4 is 5.91 Å². The van der Waals surface area contributed by atoms with Crippen molar-refractivity contribution in [1.29, 1.82) is 0 Å². The molecule has 1 aromatic carbocycles. The van der Waals surface area contributed by atoms with E-state index >= 15 is 0 Å². The van der Waals surface area contributed by atoms with Crippen LogP contribution in [0, 0.1) is 5.41 Å². The summed E-state index contributed by atoms with van der Waals surface area (Å²) in [6.07, 6.45) is 1.05. The second kappa shape index (κ2) is 5.45. The Morgan fingerprint density at radius 2 is 1.90 bits per heavy atom. The van der Waals surface area contributed by atoms with Crippen molar-refractivity contribution in [3.05, 3.63) is 35.4 Å². The van der Waals surface area contributed by atoms with Crippen LogP contribution in [0.2, 0.25) is 0 Å². The van der Waals surface area contributed by atoms with Gasteiger partial charge in [-0.2, -0.15) is 0 Å². The van der Waals surface area contributed by atoms with Gasteiger partial charge in [-0.3, -0.25) is 10.1 Å². The second-order valence-electron chi connectivity index (χ2n) is 7.92. The molecule has 2 unspecified atom stereocenters. The van der Waals surface area contributed by atoms with E-state index < -0.39 is 0 Å². The summed E-state index contributed by atoms with van der Waals surface area (Å²) in [5.74, 6) is 0.0580. The minimum absolute atomic E-state index is 0.0580. The maximum Gasteiger partial charge on any atom is 0.237 e. The lowest BCUT2D eigenvalue weighted by atomic mass is 9.85. The quantitative estimate of drug-likeness (QED) is 0.897. The first-order chi connectivity index (χ1) is 9.60. The number of carbonyl (C=O) groups is 1. The van der Waals surface area contributed by atoms with E-state index in [1.807, 2.05) is 27.7 Å². The fourth-order valence-corrected chi connectivity index (χ4v) is 3.11. The normalized spacial score (nSPS) is 21.7. The van der Waals surface area contributed by atoms with Crippen LogP contribution in [0.15, 0.2) is 24.3 Å². The third kappa shape index (κ3) is 3.65. The number of nitrogens with one attached hydrogen (secondary N) is 2. The highest BCUT2D eigenvalue weighted by molar-refractivity contribution is 5.82. The summed E-state index contributed by atoms with van der Waals surface area (Å²) >= 11 is 0. The van der Waals surface area contributed by atoms with Crippen LogP contribution >= 0.6 is 0 Å². The summed E-state index contributed by atoms with van der Waals surface area (Å²) in [5.41, 5.74) is 2.65. The van der Waals surface area contributed by atoms with Crippen LogP contribution in [0.25, 0.3) is 0 Å². The molecule has 2 N–H and O–H groups in total. The van der Waals surface area contributed by atoms with Crippen molar-refractivity contribution in [3.8, 4) is 0 Å². The third-order valence-corrected chi connectivity index (χ3v) is 4.10. The lowest BCUT2D eigenvalue weighted by Crippen LogP contribution is -2.51. The minimum atomic E-state index is -0.209. The van der Waals surface area contributed by atoms with Gasteiger partial charge in [0.1, 0.15) is 0 Å². The Morgan fingerprint density at radius 3 is 2.52 bits per heavy atom. The van der Waals surface area contributed by atoms with Gasteiger partial charge in [0.2, 0.25) is 5.91 Å². The van der Waals surface area contributed by atoms with Crippen LogP contribution in [0.4, 0.5) is 0 Å². The van der Waals surface area contributed by atoms with Crippen LogP contribution in [-0.4, -0.2) is 17.5 Å². The van der Waals surface area contributed by atoms with Crippen molar-refractivity contribution in [3.63, 3.8) is 0 Å². The Hall–Kier alpha value is -1.35. The molecule has 0 aromatic heterocycles. The van der Waals surface area contributed by atoms with Gasteiger partial charge in [0.25, 0.3) is 0 Å². The van der Waals surface area contributed by atoms with Crippen LogP contribution in [-0.2, 0) is 11.2 Å². The molecule has 3 nitrogen and oxygen atoms in total. The molecule has 21 heavy (non-hydrogen) atoms. The van der Waals surface area contributed by atoms with Crippen LogP contribution in [0.1, 0.15) is 58.7 Å². The second-order valence-corrected chi connectivity index (χ2v) is 7.92. The Bertz CT molecular complexity index is 528. The highest BCUT2D eigenvalue weighted by atomic mass is 16.2. The van der Waals surface area contributed by atoms with E-state index in [4.69, 9.17) is 0 Å². The fourth-order valence-electron chi connectivity index (χ4n) is 3.11. The molecule has 0 aliphatic heterocycles. The molecular formula is C18H28N2O. The van der Waals surface area contributed by atoms with Gasteiger partial charge in [0.15, 0.2) is 0 Å². The topological polar surface area (TPSA) is 41.1 Å². The molecule has 1 amide bonds. The summed E-state index contributed by atoms with van der Waals surface area (Å²) in [5, 5.41) is 6.58. The molecule has 2 rings (SSSR count). The van der Waals surface area contributed by atoms with E-state index in [-0.39, 0.29) is 28.9 Å². The summed E-state index contributed by atoms with van der Waals surface area (Å²) in [7, 11) is 0. The van der Waals surface area contributed by atoms with E-state index in [1.165, 1.54) is 11.1 Å². The maximum absolute atomic E-state index is 12.3. The van der Waals surface area contributed by atoms with Gasteiger partial charge in [0.05, 0.1) is 6.04 Å². The molecule has 116 valence electrons. The first-order valence-electron chi connectivity index (χ1n) is 7.76. The molecule has 0 radical (unpaired) electrons. The largest absolute Gasteiger partial charge is 0.350 e. The third-order valence-electron chi connectivity index (χ3n) is 4.10. The van der Waals surface area contributed by atoms with Gasteiger partial charge >= 0.3 is 0 Å². The van der Waals surface area contributed by atoms with Crippen molar-refractivity contribution in [2.24, 2.45) is 5.41 Å². The van der Waals surface area contributed by atoms with Crippen LogP contribution in [0.3, 0.4) is 0 Å². The zero-order valence-corrected chi connectivity index (χ0v) is 14.1. The number of rotatable bonds is 3. The number of hydrogen-bond acceptors (Lipinski definition) is 2. The van der Waals surface area contributed by atoms with E-state index in [1.54, 1.807) is 0 Å². The Labute approximate surface area is 128 Å². The monoisotopic (exact) mass is 288 g/mol. The van der Waals surface area contributed by atoms with E-state index in [9.17, 15) is 4.79 Å². The van der Waals surface area contributed by atoms with Gasteiger partial charge < -0.3 is 5.32 Å². The number of amides is 1. The molecule has 3 heteroatoms. The number of carbonyl (C=O) groups excluding carboxylic acids is 1. The highest BCUT2D eigenvalue weighted by Gasteiger charge is 2.39. The summed E-state index contributed by atoms with van der Waals surface area (Å²) < 4.78 is 0. The zero-order valence-electron chi connectivity index (χ0n) is 14.1. The highest BCUT2D eigenvalue weighted by Crippen LogP contribution is 2.45. The number of hydrogen-bond donors (Lipinski definition) is 2. The molecule has 1 aliphatic carbocycles. The molecular weight excluding hydrogens is 260 g/mol. The average molecular weight is 288 g/mol. The Kier molecular flexibility index (Phi) is 4.16. The minimum Gasteiger partial charge on any atom is -0.350 e. The molecule has 0 saturated carbocycles. The summed E-state index contributed by atoms with van der Waals surface area (Å²) in [6, 6.07) is 8.55. The molecule has 0 saturated heterocycles. The van der Waals surface area contributed by atoms with Crippen molar-refractivity contribution in [2.75, 3.05) is 0 Å². The predicted molar refractivity (Wildman–Crippen MR) is 87.2 cm³/mol. The summed E-state index contributed by atoms with van der Waals surface area (Å²) in [4.78, 5) is 12.3. The van der Waals surface area contributed by atoms with Gasteiger partial charge in [-0.1, -0.05) is 38.1 Å². The van der Waals surface area contributed by atoms with E-state index in [2.05, 4.69) is 48.7 Å². The molecule has 0 bridgehead atoms. The maximum atomic E-state index is 12.3. The standard InChI is InChI=1S/C18H28N2O/c1-12(16(21)20-17(2,3)4)19-15-14-10-8-7-9-13(14)11-18(15,5)6/h7-10,12,15,19H,11H2,1-6H3,(H,20,21). The molecule has 2 atom stereocenters. The van der Waals surface area contributed by atoms with Crippen molar-refractivity contribution in [1.82, 2.24) is 10.6 Å². The van der Waals surface area contributed by atoms with Crippen LogP contribution < -0.4 is 10.6 Å². The first kappa shape index (κ1) is 16.0. The Balaban J connectivity index is 2.13. The molecule has 0 heterocycles. The fraction of sp³-hybridized carbons (Fsp3) is 0.611. The predicted octanol–water partition coefficient (Wildman–Crippen LogP) is 3.20. The van der Waals surface area contributed by atoms with Gasteiger partial charge in [-0.15, -0.1) is 0 Å². The number of fused-ring (bicyclic) bond motifs is 1. The molecule has 0 fully saturated rings. The molecule has 0 spiro atoms. The van der Waals surface area contributed by atoms with Crippen molar-refractivity contribution < 1.29 is 4.79 Å². The van der Waals surface area contributed by atoms with Gasteiger partial charge in [-0.05, 0) is 50.7 Å². The smallest absolute Gasteiger partial charge is 0.237 e. The molecule has 1 aromatic rings. The Morgan fingerprint density at radius 1 is 1.29 bits per heavy atom. The van der Waals surface area contributed by atoms with E-state index in [0.29, 0.717) is 0 Å². The summed E-state index contributed by atoms with van der Waals surface area (Å²) in [6.45, 7) is 12.5. The van der Waals surface area contributed by atoms with Gasteiger partial charge in [0, 0.05) is 11.6 Å². The zero-order chi connectivity index (χ0) is 15.8. The van der Waals surface area contributed by atoms with Crippen LogP contribution in [0.5, 0.6) is 0 Å².